The smallest absolute Gasteiger partial charge is 0.179 e. The minimum atomic E-state index is -3.47. The second-order valence-corrected chi connectivity index (χ2v) is 6.90. The fourth-order valence-electron chi connectivity index (χ4n) is 2.16. The van der Waals surface area contributed by atoms with Crippen LogP contribution in [0.5, 0.6) is 11.5 Å². The van der Waals surface area contributed by atoms with Crippen molar-refractivity contribution in [2.45, 2.75) is 29.8 Å². The summed E-state index contributed by atoms with van der Waals surface area (Å²) in [5, 5.41) is 10.1. The largest absolute Gasteiger partial charge is 0.496 e. The van der Waals surface area contributed by atoms with E-state index >= 15 is 0 Å². The first-order valence-corrected chi connectivity index (χ1v) is 7.86. The standard InChI is InChI=1S/C13H18O5S/c1-17-10-4-5-11(18-2)12(19(3,15)16)9(10)8-13(14)6-7-13/h4-5,14H,6-8H2,1-3H3. The number of aliphatic hydroxyl groups is 1. The lowest BCUT2D eigenvalue weighted by atomic mass is 10.0. The minimum absolute atomic E-state index is 0.106. The predicted molar refractivity (Wildman–Crippen MR) is 70.5 cm³/mol. The van der Waals surface area contributed by atoms with Crippen molar-refractivity contribution in [3.63, 3.8) is 0 Å². The van der Waals surface area contributed by atoms with E-state index in [1.807, 2.05) is 0 Å². The number of hydrogen-bond acceptors (Lipinski definition) is 5. The first kappa shape index (κ1) is 14.1. The Balaban J connectivity index is 2.64. The lowest BCUT2D eigenvalue weighted by molar-refractivity contribution is 0.149. The van der Waals surface area contributed by atoms with Gasteiger partial charge in [0, 0.05) is 18.2 Å². The van der Waals surface area contributed by atoms with E-state index in [0.29, 0.717) is 24.2 Å². The van der Waals surface area contributed by atoms with Crippen LogP contribution in [0.4, 0.5) is 0 Å². The summed E-state index contributed by atoms with van der Waals surface area (Å²) in [7, 11) is -0.566. The highest BCUT2D eigenvalue weighted by Crippen LogP contribution is 2.43. The molecule has 0 bridgehead atoms. The summed E-state index contributed by atoms with van der Waals surface area (Å²) in [5.41, 5.74) is -0.316. The third-order valence-corrected chi connectivity index (χ3v) is 4.51. The zero-order chi connectivity index (χ0) is 14.3. The third kappa shape index (κ3) is 2.84. The molecular formula is C13H18O5S. The molecule has 0 spiro atoms. The van der Waals surface area contributed by atoms with Crippen molar-refractivity contribution < 1.29 is 23.0 Å². The Morgan fingerprint density at radius 2 is 1.74 bits per heavy atom. The van der Waals surface area contributed by atoms with Crippen LogP contribution >= 0.6 is 0 Å². The van der Waals surface area contributed by atoms with Crippen LogP contribution in [0.25, 0.3) is 0 Å². The second kappa shape index (κ2) is 4.68. The molecule has 19 heavy (non-hydrogen) atoms. The molecule has 0 saturated heterocycles. The van der Waals surface area contributed by atoms with Crippen LogP contribution < -0.4 is 9.47 Å². The number of sulfone groups is 1. The van der Waals surface area contributed by atoms with Crippen molar-refractivity contribution in [2.75, 3.05) is 20.5 Å². The molecule has 6 heteroatoms. The number of rotatable bonds is 5. The third-order valence-electron chi connectivity index (χ3n) is 3.33. The first-order valence-electron chi connectivity index (χ1n) is 5.97. The summed E-state index contributed by atoms with van der Waals surface area (Å²) in [5.74, 6) is 0.740. The van der Waals surface area contributed by atoms with Gasteiger partial charge in [0.05, 0.1) is 19.8 Å². The number of ether oxygens (including phenoxy) is 2. The highest BCUT2D eigenvalue weighted by molar-refractivity contribution is 7.90. The van der Waals surface area contributed by atoms with E-state index in [1.165, 1.54) is 14.2 Å². The topological polar surface area (TPSA) is 72.8 Å². The van der Waals surface area contributed by atoms with Gasteiger partial charge in [0.15, 0.2) is 9.84 Å². The van der Waals surface area contributed by atoms with Gasteiger partial charge in [0.25, 0.3) is 0 Å². The Morgan fingerprint density at radius 3 is 2.16 bits per heavy atom. The first-order chi connectivity index (χ1) is 8.80. The molecule has 1 aliphatic rings. The number of hydrogen-bond donors (Lipinski definition) is 1. The van der Waals surface area contributed by atoms with Crippen molar-refractivity contribution in [1.82, 2.24) is 0 Å². The van der Waals surface area contributed by atoms with E-state index in [9.17, 15) is 13.5 Å². The van der Waals surface area contributed by atoms with E-state index in [-0.39, 0.29) is 17.1 Å². The van der Waals surface area contributed by atoms with Crippen LogP contribution in [0.1, 0.15) is 18.4 Å². The molecule has 2 rings (SSSR count). The molecule has 1 aliphatic carbocycles. The molecule has 0 aromatic heterocycles. The van der Waals surface area contributed by atoms with Crippen LogP contribution in [-0.4, -0.2) is 39.6 Å². The van der Waals surface area contributed by atoms with Gasteiger partial charge in [-0.05, 0) is 25.0 Å². The Labute approximate surface area is 113 Å². The molecule has 0 amide bonds. The normalized spacial score (nSPS) is 17.1. The Bertz CT molecular complexity index is 587. The number of methoxy groups -OCH3 is 2. The van der Waals surface area contributed by atoms with Gasteiger partial charge >= 0.3 is 0 Å². The van der Waals surface area contributed by atoms with Gasteiger partial charge in [-0.25, -0.2) is 8.42 Å². The molecule has 106 valence electrons. The van der Waals surface area contributed by atoms with Crippen LogP contribution in [0.2, 0.25) is 0 Å². The van der Waals surface area contributed by atoms with Crippen LogP contribution in [0.15, 0.2) is 17.0 Å². The molecule has 0 heterocycles. The van der Waals surface area contributed by atoms with E-state index in [4.69, 9.17) is 9.47 Å². The van der Waals surface area contributed by atoms with Crippen molar-refractivity contribution >= 4 is 9.84 Å². The second-order valence-electron chi connectivity index (χ2n) is 4.95. The summed E-state index contributed by atoms with van der Waals surface area (Å²) >= 11 is 0. The van der Waals surface area contributed by atoms with Gasteiger partial charge in [-0.1, -0.05) is 0 Å². The summed E-state index contributed by atoms with van der Waals surface area (Å²) in [4.78, 5) is 0.106. The Morgan fingerprint density at radius 1 is 1.21 bits per heavy atom. The molecule has 1 aromatic carbocycles. The molecule has 0 aliphatic heterocycles. The molecule has 1 aromatic rings. The summed E-state index contributed by atoms with van der Waals surface area (Å²) in [6.07, 6.45) is 2.74. The van der Waals surface area contributed by atoms with Crippen molar-refractivity contribution in [3.8, 4) is 11.5 Å². The summed E-state index contributed by atoms with van der Waals surface area (Å²) in [6, 6.07) is 3.23. The maximum atomic E-state index is 12.0. The molecule has 1 saturated carbocycles. The quantitative estimate of drug-likeness (QED) is 0.879. The van der Waals surface area contributed by atoms with Crippen molar-refractivity contribution in [3.05, 3.63) is 17.7 Å². The zero-order valence-corrected chi connectivity index (χ0v) is 12.1. The minimum Gasteiger partial charge on any atom is -0.496 e. The molecule has 0 atom stereocenters. The van der Waals surface area contributed by atoms with Crippen LogP contribution in [0, 0.1) is 0 Å². The predicted octanol–water partition coefficient (Wildman–Crippen LogP) is 1.17. The van der Waals surface area contributed by atoms with Gasteiger partial charge in [-0.2, -0.15) is 0 Å². The van der Waals surface area contributed by atoms with Crippen LogP contribution in [-0.2, 0) is 16.3 Å². The van der Waals surface area contributed by atoms with Gasteiger partial charge in [-0.3, -0.25) is 0 Å². The maximum Gasteiger partial charge on any atom is 0.179 e. The van der Waals surface area contributed by atoms with Gasteiger partial charge in [-0.15, -0.1) is 0 Å². The maximum absolute atomic E-state index is 12.0. The SMILES string of the molecule is COc1ccc(OC)c(S(C)(=O)=O)c1CC1(O)CC1. The van der Waals surface area contributed by atoms with Gasteiger partial charge in [0.2, 0.25) is 0 Å². The lowest BCUT2D eigenvalue weighted by Gasteiger charge is -2.18. The van der Waals surface area contributed by atoms with E-state index in [1.54, 1.807) is 12.1 Å². The molecular weight excluding hydrogens is 268 g/mol. The zero-order valence-electron chi connectivity index (χ0n) is 11.3. The highest BCUT2D eigenvalue weighted by Gasteiger charge is 2.42. The van der Waals surface area contributed by atoms with Gasteiger partial charge in [0.1, 0.15) is 16.4 Å². The Hall–Kier alpha value is -1.27. The molecule has 1 N–H and O–H groups in total. The molecule has 0 unspecified atom stereocenters. The fourth-order valence-corrected chi connectivity index (χ4v) is 3.30. The lowest BCUT2D eigenvalue weighted by Crippen LogP contribution is -2.16. The number of benzene rings is 1. The van der Waals surface area contributed by atoms with Crippen molar-refractivity contribution in [1.29, 1.82) is 0 Å². The van der Waals surface area contributed by atoms with Crippen molar-refractivity contribution in [2.24, 2.45) is 0 Å². The fraction of sp³-hybridized carbons (Fsp3) is 0.538. The molecule has 0 radical (unpaired) electrons. The summed E-state index contributed by atoms with van der Waals surface area (Å²) < 4.78 is 34.3. The average molecular weight is 286 g/mol. The van der Waals surface area contributed by atoms with Gasteiger partial charge < -0.3 is 14.6 Å². The van der Waals surface area contributed by atoms with E-state index in [0.717, 1.165) is 6.26 Å². The van der Waals surface area contributed by atoms with E-state index in [2.05, 4.69) is 0 Å². The highest BCUT2D eigenvalue weighted by atomic mass is 32.2. The van der Waals surface area contributed by atoms with Crippen LogP contribution in [0.3, 0.4) is 0 Å². The molecule has 1 fully saturated rings. The Kier molecular flexibility index (Phi) is 3.49. The monoisotopic (exact) mass is 286 g/mol. The average Bonchev–Trinajstić information content (AvgIpc) is 3.04. The van der Waals surface area contributed by atoms with E-state index < -0.39 is 15.4 Å². The molecule has 5 nitrogen and oxygen atoms in total. The summed E-state index contributed by atoms with van der Waals surface area (Å²) in [6.45, 7) is 0.